The Morgan fingerprint density at radius 3 is 2.25 bits per heavy atom. The van der Waals surface area contributed by atoms with Gasteiger partial charge in [0.05, 0.1) is 6.10 Å². The monoisotopic (exact) mass is 274 g/mol. The molecule has 0 aromatic carbocycles. The first kappa shape index (κ1) is 22.7. The maximum Gasteiger partial charge on any atom is 1.00 e. The van der Waals surface area contributed by atoms with Gasteiger partial charge in [0, 0.05) is 13.3 Å². The first-order chi connectivity index (χ1) is 6.23. The molecule has 0 spiro atoms. The molecule has 0 aliphatic rings. The number of aliphatic hydroxyl groups is 1. The van der Waals surface area contributed by atoms with Crippen LogP contribution < -0.4 is 68.9 Å². The summed E-state index contributed by atoms with van der Waals surface area (Å²) in [6, 6.07) is 0. The van der Waals surface area contributed by atoms with Crippen LogP contribution in [0.2, 0.25) is 0 Å². The third-order valence-electron chi connectivity index (χ3n) is 1.29. The molecule has 0 aromatic heterocycles. The van der Waals surface area contributed by atoms with Gasteiger partial charge in [-0.05, 0) is 7.60 Å². The fraction of sp³-hybridized carbons (Fsp3) is 0.833. The molecule has 0 amide bonds. The van der Waals surface area contributed by atoms with Crippen LogP contribution >= 0.6 is 7.60 Å². The Morgan fingerprint density at radius 2 is 1.94 bits per heavy atom. The predicted molar refractivity (Wildman–Crippen MR) is 39.8 cm³/mol. The van der Waals surface area contributed by atoms with Gasteiger partial charge in [0.2, 0.25) is 0 Å². The van der Waals surface area contributed by atoms with Crippen molar-refractivity contribution in [3.8, 4) is 0 Å². The Kier molecular flexibility index (Phi) is 14.8. The Hall–Kier alpha value is 1.51. The van der Waals surface area contributed by atoms with Crippen molar-refractivity contribution in [3.63, 3.8) is 0 Å². The summed E-state index contributed by atoms with van der Waals surface area (Å²) in [5, 5.41) is 8.92. The molecule has 0 saturated heterocycles. The van der Waals surface area contributed by atoms with Crippen LogP contribution in [0.25, 0.3) is 0 Å². The van der Waals surface area contributed by atoms with E-state index in [0.29, 0.717) is 0 Å². The molecule has 0 radical (unpaired) electrons. The number of carbonyl (C=O) groups is 1. The Balaban J connectivity index is -0.000000845. The van der Waals surface area contributed by atoms with E-state index in [1.54, 1.807) is 0 Å². The molecule has 0 rings (SSSR count). The van der Waals surface area contributed by atoms with Gasteiger partial charge in [-0.15, -0.1) is 0 Å². The number of carbonyl (C=O) groups excluding carboxylic acids is 1. The summed E-state index contributed by atoms with van der Waals surface area (Å²) in [5.74, 6) is -3.35. The van der Waals surface area contributed by atoms with Crippen molar-refractivity contribution in [1.82, 2.24) is 0 Å². The number of hydrogen-bond donors (Lipinski definition) is 1. The molecule has 0 aliphatic heterocycles. The SMILES string of the molecule is CC(=O)OC[C@@H](O)CC(F)P(=O)([O-])[O-].[Na+].[Na+]. The molecule has 2 atom stereocenters. The van der Waals surface area contributed by atoms with Crippen LogP contribution in [0.3, 0.4) is 0 Å². The molecule has 0 saturated carbocycles. The summed E-state index contributed by atoms with van der Waals surface area (Å²) in [7, 11) is -5.33. The summed E-state index contributed by atoms with van der Waals surface area (Å²) in [4.78, 5) is 30.4. The summed E-state index contributed by atoms with van der Waals surface area (Å²) in [6.07, 6.45) is -2.39. The topological polar surface area (TPSA) is 110 Å². The molecular weight excluding hydrogens is 264 g/mol. The van der Waals surface area contributed by atoms with E-state index in [1.165, 1.54) is 0 Å². The molecule has 0 heterocycles. The van der Waals surface area contributed by atoms with Gasteiger partial charge in [0.15, 0.2) is 0 Å². The molecule has 16 heavy (non-hydrogen) atoms. The number of halogens is 1. The molecular formula is C6H10FNa2O6P. The van der Waals surface area contributed by atoms with Crippen molar-refractivity contribution in [2.45, 2.75) is 25.4 Å². The largest absolute Gasteiger partial charge is 1.00 e. The van der Waals surface area contributed by atoms with Crippen LogP contribution in [0, 0.1) is 0 Å². The smallest absolute Gasteiger partial charge is 0.809 e. The minimum atomic E-state index is -5.33. The van der Waals surface area contributed by atoms with Gasteiger partial charge in [-0.25, -0.2) is 4.39 Å². The van der Waals surface area contributed by atoms with Crippen LogP contribution in [0.1, 0.15) is 13.3 Å². The van der Waals surface area contributed by atoms with Crippen LogP contribution in [0.4, 0.5) is 4.39 Å². The van der Waals surface area contributed by atoms with Gasteiger partial charge in [-0.2, -0.15) is 0 Å². The summed E-state index contributed by atoms with van der Waals surface area (Å²) in [5.41, 5.74) is 0. The van der Waals surface area contributed by atoms with Crippen LogP contribution in [-0.2, 0) is 14.1 Å². The maximum absolute atomic E-state index is 12.5. The standard InChI is InChI=1S/C6H12FO6P.2Na/c1-4(8)13-3-5(9)2-6(7)14(10,11)12;;/h5-6,9H,2-3H2,1H3,(H2,10,11,12);;/q;2*+1/p-2/t5-,6?;;/m0../s1. The molecule has 0 fully saturated rings. The van der Waals surface area contributed by atoms with Crippen molar-refractivity contribution < 1.29 is 92.5 Å². The Labute approximate surface area is 137 Å². The van der Waals surface area contributed by atoms with E-state index in [0.717, 1.165) is 6.92 Å². The van der Waals surface area contributed by atoms with Crippen molar-refractivity contribution >= 4 is 13.6 Å². The maximum atomic E-state index is 12.5. The van der Waals surface area contributed by atoms with E-state index < -0.39 is 38.6 Å². The summed E-state index contributed by atoms with van der Waals surface area (Å²) < 4.78 is 26.8. The van der Waals surface area contributed by atoms with E-state index in [1.807, 2.05) is 0 Å². The molecule has 0 aliphatic carbocycles. The van der Waals surface area contributed by atoms with Gasteiger partial charge in [0.25, 0.3) is 0 Å². The second-order valence-electron chi connectivity index (χ2n) is 2.67. The van der Waals surface area contributed by atoms with Crippen molar-refractivity contribution in [2.75, 3.05) is 6.61 Å². The zero-order valence-corrected chi connectivity index (χ0v) is 14.3. The van der Waals surface area contributed by atoms with Crippen LogP contribution in [0.15, 0.2) is 0 Å². The van der Waals surface area contributed by atoms with Crippen LogP contribution in [0.5, 0.6) is 0 Å². The second kappa shape index (κ2) is 10.4. The number of rotatable bonds is 5. The van der Waals surface area contributed by atoms with E-state index in [2.05, 4.69) is 4.74 Å². The molecule has 6 nitrogen and oxygen atoms in total. The van der Waals surface area contributed by atoms with Crippen LogP contribution in [-0.4, -0.2) is 29.7 Å². The number of alkyl halides is 1. The third kappa shape index (κ3) is 12.0. The van der Waals surface area contributed by atoms with Crippen molar-refractivity contribution in [2.24, 2.45) is 0 Å². The van der Waals surface area contributed by atoms with E-state index in [9.17, 15) is 23.5 Å². The summed E-state index contributed by atoms with van der Waals surface area (Å²) in [6.45, 7) is 0.543. The van der Waals surface area contributed by atoms with Crippen molar-refractivity contribution in [3.05, 3.63) is 0 Å². The number of hydrogen-bond acceptors (Lipinski definition) is 6. The number of ether oxygens (including phenoxy) is 1. The van der Waals surface area contributed by atoms with Gasteiger partial charge in [0.1, 0.15) is 12.5 Å². The average Bonchev–Trinajstić information content (AvgIpc) is 1.99. The average molecular weight is 274 g/mol. The molecule has 84 valence electrons. The normalized spacial score (nSPS) is 14.1. The first-order valence-electron chi connectivity index (χ1n) is 3.70. The molecule has 0 aromatic rings. The molecule has 1 unspecified atom stereocenters. The Bertz CT molecular complexity index is 247. The van der Waals surface area contributed by atoms with Crippen molar-refractivity contribution in [1.29, 1.82) is 0 Å². The minimum absolute atomic E-state index is 0. The molecule has 1 N–H and O–H groups in total. The molecule has 0 bridgehead atoms. The first-order valence-corrected chi connectivity index (χ1v) is 5.32. The fourth-order valence-electron chi connectivity index (χ4n) is 0.635. The predicted octanol–water partition coefficient (Wildman–Crippen LogP) is -7.48. The zero-order chi connectivity index (χ0) is 11.4. The van der Waals surface area contributed by atoms with E-state index in [-0.39, 0.29) is 59.1 Å². The van der Waals surface area contributed by atoms with Gasteiger partial charge < -0.3 is 24.2 Å². The zero-order valence-electron chi connectivity index (χ0n) is 9.38. The quantitative estimate of drug-likeness (QED) is 0.303. The third-order valence-corrected chi connectivity index (χ3v) is 2.19. The number of esters is 1. The van der Waals surface area contributed by atoms with E-state index >= 15 is 0 Å². The number of aliphatic hydroxyl groups excluding tert-OH is 1. The second-order valence-corrected chi connectivity index (χ2v) is 4.31. The summed E-state index contributed by atoms with van der Waals surface area (Å²) >= 11 is 0. The van der Waals surface area contributed by atoms with Gasteiger partial charge in [-0.3, -0.25) is 4.79 Å². The fourth-order valence-corrected chi connectivity index (χ4v) is 1.14. The van der Waals surface area contributed by atoms with Gasteiger partial charge in [-0.1, -0.05) is 0 Å². The minimum Gasteiger partial charge on any atom is -0.809 e. The molecule has 10 heteroatoms. The Morgan fingerprint density at radius 1 is 1.50 bits per heavy atom. The van der Waals surface area contributed by atoms with E-state index in [4.69, 9.17) is 5.11 Å². The van der Waals surface area contributed by atoms with Gasteiger partial charge >= 0.3 is 65.1 Å².